The Kier molecular flexibility index (Phi) is 7.72. The van der Waals surface area contributed by atoms with Crippen LogP contribution in [0.15, 0.2) is 11.6 Å². The SMILES string of the molecule is CCC[Si](CCC)(CCC)OC1CC[C@@]2(C)C(=CC[C@H]3[C@@H]4CC[C@H](C(C)=O)[C@@]4(C)CC[C@@H]32)C1. The van der Waals surface area contributed by atoms with Crippen LogP contribution < -0.4 is 0 Å². The minimum Gasteiger partial charge on any atom is -0.414 e. The van der Waals surface area contributed by atoms with Gasteiger partial charge in [0.1, 0.15) is 5.78 Å². The molecule has 0 bridgehead atoms. The summed E-state index contributed by atoms with van der Waals surface area (Å²) in [6.45, 7) is 14.0. The third-order valence-electron chi connectivity index (χ3n) is 11.1. The van der Waals surface area contributed by atoms with E-state index < -0.39 is 8.32 Å². The van der Waals surface area contributed by atoms with Gasteiger partial charge in [0.25, 0.3) is 0 Å². The van der Waals surface area contributed by atoms with Crippen molar-refractivity contribution < 1.29 is 9.22 Å². The van der Waals surface area contributed by atoms with Crippen LogP contribution >= 0.6 is 0 Å². The van der Waals surface area contributed by atoms with Gasteiger partial charge in [0.05, 0.1) is 0 Å². The summed E-state index contributed by atoms with van der Waals surface area (Å²) in [5, 5.41) is 0. The fraction of sp³-hybridized carbons (Fsp3) is 0.900. The Labute approximate surface area is 205 Å². The quantitative estimate of drug-likeness (QED) is 0.248. The van der Waals surface area contributed by atoms with Gasteiger partial charge in [-0.3, -0.25) is 4.79 Å². The molecule has 3 saturated carbocycles. The largest absolute Gasteiger partial charge is 0.414 e. The van der Waals surface area contributed by atoms with E-state index in [4.69, 9.17) is 4.43 Å². The van der Waals surface area contributed by atoms with Crippen molar-refractivity contribution in [2.45, 2.75) is 136 Å². The molecule has 0 radical (unpaired) electrons. The van der Waals surface area contributed by atoms with Crippen LogP contribution in [0.1, 0.15) is 112 Å². The fourth-order valence-electron chi connectivity index (χ4n) is 9.67. The van der Waals surface area contributed by atoms with Crippen molar-refractivity contribution in [2.75, 3.05) is 0 Å². The Balaban J connectivity index is 1.51. The summed E-state index contributed by atoms with van der Waals surface area (Å²) in [5.41, 5.74) is 2.39. The summed E-state index contributed by atoms with van der Waals surface area (Å²) in [5.74, 6) is 3.15. The van der Waals surface area contributed by atoms with Gasteiger partial charge in [-0.2, -0.15) is 0 Å². The third kappa shape index (κ3) is 4.48. The van der Waals surface area contributed by atoms with Crippen molar-refractivity contribution in [3.8, 4) is 0 Å². The van der Waals surface area contributed by atoms with Gasteiger partial charge in [-0.05, 0) is 105 Å². The summed E-state index contributed by atoms with van der Waals surface area (Å²) in [6.07, 6.45) is 17.1. The van der Waals surface area contributed by atoms with Crippen LogP contribution in [0.4, 0.5) is 0 Å². The topological polar surface area (TPSA) is 26.3 Å². The number of carbonyl (C=O) groups excluding carboxylic acids is 1. The van der Waals surface area contributed by atoms with Crippen molar-refractivity contribution in [3.63, 3.8) is 0 Å². The molecule has 0 spiro atoms. The van der Waals surface area contributed by atoms with E-state index in [2.05, 4.69) is 40.7 Å². The minimum absolute atomic E-state index is 0.265. The fourth-order valence-corrected chi connectivity index (χ4v) is 14.4. The van der Waals surface area contributed by atoms with Crippen LogP contribution in [0.2, 0.25) is 18.1 Å². The molecule has 0 aliphatic heterocycles. The van der Waals surface area contributed by atoms with Crippen LogP contribution in [-0.4, -0.2) is 20.2 Å². The van der Waals surface area contributed by atoms with Crippen LogP contribution in [0.3, 0.4) is 0 Å². The molecule has 0 N–H and O–H groups in total. The molecule has 4 aliphatic rings. The molecule has 0 saturated heterocycles. The Hall–Kier alpha value is -0.413. The maximum Gasteiger partial charge on any atom is 0.193 e. The highest BCUT2D eigenvalue weighted by molar-refractivity contribution is 6.73. The first-order valence-corrected chi connectivity index (χ1v) is 17.1. The van der Waals surface area contributed by atoms with Crippen LogP contribution in [0.5, 0.6) is 0 Å². The molecular weight excluding hydrogens is 420 g/mol. The summed E-state index contributed by atoms with van der Waals surface area (Å²) in [6, 6.07) is 4.05. The van der Waals surface area contributed by atoms with Crippen LogP contribution in [0.25, 0.3) is 0 Å². The zero-order chi connectivity index (χ0) is 23.9. The van der Waals surface area contributed by atoms with E-state index in [0.29, 0.717) is 23.2 Å². The number of allylic oxidation sites excluding steroid dienone is 1. The Morgan fingerprint density at radius 2 is 1.64 bits per heavy atom. The van der Waals surface area contributed by atoms with E-state index in [1.165, 1.54) is 82.3 Å². The predicted octanol–water partition coefficient (Wildman–Crippen LogP) is 8.72. The number of hydrogen-bond acceptors (Lipinski definition) is 2. The average Bonchev–Trinajstić information content (AvgIpc) is 3.12. The number of ketones is 1. The second kappa shape index (κ2) is 9.92. The van der Waals surface area contributed by atoms with Gasteiger partial charge in [-0.1, -0.05) is 65.5 Å². The lowest BCUT2D eigenvalue weighted by Crippen LogP contribution is -2.52. The first-order chi connectivity index (χ1) is 15.7. The van der Waals surface area contributed by atoms with Gasteiger partial charge < -0.3 is 4.43 Å². The minimum atomic E-state index is -1.60. The van der Waals surface area contributed by atoms with Gasteiger partial charge in [0.2, 0.25) is 0 Å². The molecule has 0 aromatic carbocycles. The van der Waals surface area contributed by atoms with Gasteiger partial charge in [-0.15, -0.1) is 0 Å². The highest BCUT2D eigenvalue weighted by Crippen LogP contribution is 2.66. The Morgan fingerprint density at radius 3 is 2.24 bits per heavy atom. The number of fused-ring (bicyclic) bond motifs is 5. The van der Waals surface area contributed by atoms with E-state index in [-0.39, 0.29) is 5.41 Å². The molecule has 0 aromatic heterocycles. The standard InChI is InChI=1S/C30H52O2Si/c1-7-18-33(19-8-2,20-9-3)32-24-14-16-29(5)23(21-24)10-11-25-27-13-12-26(22(4)31)30(27,6)17-15-28(25)29/h10,24-28H,7-9,11-21H2,1-6H3/t24?,25-,26+,27-,28-,29-,30+/m0/s1. The molecule has 0 amide bonds. The molecule has 7 atom stereocenters. The van der Waals surface area contributed by atoms with Crippen molar-refractivity contribution in [1.29, 1.82) is 0 Å². The molecule has 0 aromatic rings. The van der Waals surface area contributed by atoms with Crippen LogP contribution in [0, 0.1) is 34.5 Å². The number of Topliss-reactive ketones (excluding diaryl/α,β-unsaturated/α-hetero) is 1. The molecule has 1 unspecified atom stereocenters. The van der Waals surface area contributed by atoms with E-state index >= 15 is 0 Å². The molecular formula is C30H52O2Si. The average molecular weight is 473 g/mol. The van der Waals surface area contributed by atoms with E-state index in [9.17, 15) is 4.79 Å². The molecule has 3 heteroatoms. The van der Waals surface area contributed by atoms with E-state index in [1.54, 1.807) is 5.57 Å². The van der Waals surface area contributed by atoms with Crippen molar-refractivity contribution in [2.24, 2.45) is 34.5 Å². The first kappa shape index (κ1) is 25.7. The molecule has 0 heterocycles. The van der Waals surface area contributed by atoms with Crippen LogP contribution in [-0.2, 0) is 9.22 Å². The summed E-state index contributed by atoms with van der Waals surface area (Å²) in [7, 11) is -1.60. The van der Waals surface area contributed by atoms with Gasteiger partial charge >= 0.3 is 0 Å². The van der Waals surface area contributed by atoms with Gasteiger partial charge in [0.15, 0.2) is 8.32 Å². The third-order valence-corrected chi connectivity index (χ3v) is 16.1. The highest BCUT2D eigenvalue weighted by Gasteiger charge is 2.59. The number of rotatable bonds is 9. The Bertz CT molecular complexity index is 727. The molecule has 3 fully saturated rings. The molecule has 2 nitrogen and oxygen atoms in total. The normalized spacial score (nSPS) is 40.5. The molecule has 4 rings (SSSR count). The van der Waals surface area contributed by atoms with Crippen molar-refractivity contribution >= 4 is 14.1 Å². The maximum atomic E-state index is 12.4. The zero-order valence-corrected chi connectivity index (χ0v) is 23.7. The van der Waals surface area contributed by atoms with E-state index in [0.717, 1.165) is 24.2 Å². The van der Waals surface area contributed by atoms with Gasteiger partial charge in [-0.25, -0.2) is 0 Å². The number of hydrogen-bond donors (Lipinski definition) is 0. The molecule has 33 heavy (non-hydrogen) atoms. The molecule has 188 valence electrons. The summed E-state index contributed by atoms with van der Waals surface area (Å²) >= 11 is 0. The maximum absolute atomic E-state index is 12.4. The second-order valence-electron chi connectivity index (χ2n) is 13.0. The zero-order valence-electron chi connectivity index (χ0n) is 22.7. The Morgan fingerprint density at radius 1 is 0.970 bits per heavy atom. The lowest BCUT2D eigenvalue weighted by molar-refractivity contribution is -0.127. The lowest BCUT2D eigenvalue weighted by Gasteiger charge is -2.58. The first-order valence-electron chi connectivity index (χ1n) is 14.6. The smallest absolute Gasteiger partial charge is 0.193 e. The lowest BCUT2D eigenvalue weighted by atomic mass is 9.47. The van der Waals surface area contributed by atoms with E-state index in [1.807, 2.05) is 6.92 Å². The molecule has 4 aliphatic carbocycles. The summed E-state index contributed by atoms with van der Waals surface area (Å²) < 4.78 is 7.22. The van der Waals surface area contributed by atoms with Crippen molar-refractivity contribution in [1.82, 2.24) is 0 Å². The van der Waals surface area contributed by atoms with Gasteiger partial charge in [0, 0.05) is 12.0 Å². The second-order valence-corrected chi connectivity index (χ2v) is 17.1. The highest BCUT2D eigenvalue weighted by atomic mass is 28.4. The van der Waals surface area contributed by atoms with Crippen molar-refractivity contribution in [3.05, 3.63) is 11.6 Å². The monoisotopic (exact) mass is 472 g/mol. The summed E-state index contributed by atoms with van der Waals surface area (Å²) in [4.78, 5) is 12.4. The number of carbonyl (C=O) groups is 1. The predicted molar refractivity (Wildman–Crippen MR) is 142 cm³/mol.